The number of para-hydroxylation sites is 1. The van der Waals surface area contributed by atoms with Gasteiger partial charge in [-0.3, -0.25) is 39.7 Å². The molecule has 42 heavy (non-hydrogen) atoms. The van der Waals surface area contributed by atoms with Gasteiger partial charge in [0.1, 0.15) is 37.9 Å². The zero-order valence-electron chi connectivity index (χ0n) is 22.4. The lowest BCUT2D eigenvalue weighted by molar-refractivity contribution is -0.141. The lowest BCUT2D eigenvalue weighted by Crippen LogP contribution is -2.48. The van der Waals surface area contributed by atoms with Gasteiger partial charge in [0, 0.05) is 24.7 Å². The summed E-state index contributed by atoms with van der Waals surface area (Å²) in [6.45, 7) is 0.683. The number of amides is 4. The Morgan fingerprint density at radius 3 is 2.40 bits per heavy atom. The molecule has 0 saturated carbocycles. The Kier molecular flexibility index (Phi) is 9.71. The van der Waals surface area contributed by atoms with E-state index in [9.17, 15) is 28.4 Å². The highest BCUT2D eigenvalue weighted by molar-refractivity contribution is 6.34. The van der Waals surface area contributed by atoms with Gasteiger partial charge in [0.15, 0.2) is 0 Å². The molecule has 3 aromatic carbocycles. The molecule has 3 aromatic rings. The largest absolute Gasteiger partial charge is 0.490 e. The molecule has 0 bridgehead atoms. The van der Waals surface area contributed by atoms with Crippen LogP contribution in [0, 0.1) is 5.82 Å². The minimum absolute atomic E-state index is 0.0287. The lowest BCUT2D eigenvalue weighted by Gasteiger charge is -2.23. The minimum Gasteiger partial charge on any atom is -0.490 e. The third-order valence-corrected chi connectivity index (χ3v) is 6.43. The summed E-state index contributed by atoms with van der Waals surface area (Å²) in [5.74, 6) is -2.97. The smallest absolute Gasteiger partial charge is 0.302 e. The molecule has 4 rings (SSSR count). The van der Waals surface area contributed by atoms with Crippen molar-refractivity contribution in [2.45, 2.75) is 13.5 Å². The van der Waals surface area contributed by atoms with E-state index in [-0.39, 0.29) is 42.5 Å². The van der Waals surface area contributed by atoms with Crippen molar-refractivity contribution in [1.29, 1.82) is 0 Å². The van der Waals surface area contributed by atoms with Crippen LogP contribution < -0.4 is 20.5 Å². The van der Waals surface area contributed by atoms with E-state index < -0.39 is 42.0 Å². The van der Waals surface area contributed by atoms with E-state index in [4.69, 9.17) is 21.1 Å². The van der Waals surface area contributed by atoms with Gasteiger partial charge in [0.05, 0.1) is 10.6 Å². The van der Waals surface area contributed by atoms with E-state index in [1.54, 1.807) is 24.3 Å². The zero-order valence-corrected chi connectivity index (χ0v) is 23.2. The molecule has 1 aliphatic rings. The second-order valence-electron chi connectivity index (χ2n) is 9.11. The maximum Gasteiger partial charge on any atom is 0.302 e. The van der Waals surface area contributed by atoms with Crippen molar-refractivity contribution in [3.05, 3.63) is 94.3 Å². The van der Waals surface area contributed by atoms with E-state index in [1.165, 1.54) is 47.1 Å². The van der Waals surface area contributed by atoms with Crippen LogP contribution >= 0.6 is 11.6 Å². The van der Waals surface area contributed by atoms with Crippen molar-refractivity contribution in [1.82, 2.24) is 15.8 Å². The average Bonchev–Trinajstić information content (AvgIpc) is 3.10. The molecule has 2 N–H and O–H groups in total. The fourth-order valence-corrected chi connectivity index (χ4v) is 4.36. The van der Waals surface area contributed by atoms with Crippen LogP contribution in [0.15, 0.2) is 66.7 Å². The number of nitrogens with one attached hydrogen (secondary N) is 2. The number of anilines is 1. The molecule has 0 aromatic heterocycles. The number of hydrogen-bond donors (Lipinski definition) is 2. The first-order chi connectivity index (χ1) is 20.1. The summed E-state index contributed by atoms with van der Waals surface area (Å²) >= 11 is 6.41. The summed E-state index contributed by atoms with van der Waals surface area (Å²) in [7, 11) is 0. The third kappa shape index (κ3) is 7.61. The summed E-state index contributed by atoms with van der Waals surface area (Å²) < 4.78 is 23.4. The summed E-state index contributed by atoms with van der Waals surface area (Å²) in [5.41, 5.74) is 5.81. The molecular formula is C29H26ClFN4O7. The van der Waals surface area contributed by atoms with Crippen molar-refractivity contribution in [3.8, 4) is 5.75 Å². The maximum atomic E-state index is 13.6. The van der Waals surface area contributed by atoms with Gasteiger partial charge in [-0.1, -0.05) is 29.8 Å². The molecule has 1 heterocycles. The Hall–Kier alpha value is -4.97. The monoisotopic (exact) mass is 596 g/mol. The first kappa shape index (κ1) is 30.0. The highest BCUT2D eigenvalue weighted by Crippen LogP contribution is 2.30. The molecular weight excluding hydrogens is 571 g/mol. The van der Waals surface area contributed by atoms with Crippen LogP contribution in [0.4, 0.5) is 10.1 Å². The van der Waals surface area contributed by atoms with Crippen molar-refractivity contribution in [2.24, 2.45) is 0 Å². The predicted octanol–water partition coefficient (Wildman–Crippen LogP) is 2.87. The van der Waals surface area contributed by atoms with Crippen molar-refractivity contribution < 1.29 is 37.8 Å². The number of fused-ring (bicyclic) bond motifs is 1. The number of hydrazine groups is 1. The Labute approximate surface area is 245 Å². The summed E-state index contributed by atoms with van der Waals surface area (Å²) in [6.07, 6.45) is 0. The van der Waals surface area contributed by atoms with Gasteiger partial charge in [-0.15, -0.1) is 0 Å². The van der Waals surface area contributed by atoms with E-state index in [0.29, 0.717) is 17.0 Å². The maximum absolute atomic E-state index is 13.6. The molecule has 0 atom stereocenters. The zero-order chi connectivity index (χ0) is 30.2. The normalized spacial score (nSPS) is 12.6. The standard InChI is InChI=1S/C29H26ClFN4O7/c1-18(36)41-12-13-42-22-10-11-23(24(30)14-22)29(40)35-17-27(38)34(15-20-4-2-3-5-25(20)35)16-26(37)32-33-28(39)19-6-8-21(31)9-7-19/h2-11,14H,12-13,15-17H2,1H3,(H,32,37)(H,33,39). The van der Waals surface area contributed by atoms with Crippen molar-refractivity contribution >= 4 is 46.9 Å². The highest BCUT2D eigenvalue weighted by Gasteiger charge is 2.31. The summed E-state index contributed by atoms with van der Waals surface area (Å²) in [6, 6.07) is 16.1. The van der Waals surface area contributed by atoms with Crippen LogP contribution in [-0.2, 0) is 25.7 Å². The molecule has 218 valence electrons. The highest BCUT2D eigenvalue weighted by atomic mass is 35.5. The lowest BCUT2D eigenvalue weighted by atomic mass is 10.1. The van der Waals surface area contributed by atoms with E-state index in [2.05, 4.69) is 10.9 Å². The van der Waals surface area contributed by atoms with Crippen LogP contribution in [0.25, 0.3) is 0 Å². The fraction of sp³-hybridized carbons (Fsp3) is 0.207. The number of nitrogens with zero attached hydrogens (tertiary/aromatic N) is 2. The second kappa shape index (κ2) is 13.6. The van der Waals surface area contributed by atoms with E-state index in [0.717, 1.165) is 12.1 Å². The van der Waals surface area contributed by atoms with Crippen LogP contribution in [0.1, 0.15) is 33.2 Å². The number of esters is 1. The second-order valence-corrected chi connectivity index (χ2v) is 9.52. The first-order valence-electron chi connectivity index (χ1n) is 12.7. The van der Waals surface area contributed by atoms with Crippen LogP contribution in [-0.4, -0.2) is 60.8 Å². The third-order valence-electron chi connectivity index (χ3n) is 6.12. The molecule has 0 saturated heterocycles. The minimum atomic E-state index is -0.677. The predicted molar refractivity (Wildman–Crippen MR) is 149 cm³/mol. The molecule has 1 aliphatic heterocycles. The van der Waals surface area contributed by atoms with Gasteiger partial charge in [0.2, 0.25) is 5.91 Å². The molecule has 11 nitrogen and oxygen atoms in total. The van der Waals surface area contributed by atoms with Gasteiger partial charge in [-0.25, -0.2) is 4.39 Å². The molecule has 0 fully saturated rings. The van der Waals surface area contributed by atoms with Crippen molar-refractivity contribution in [2.75, 3.05) is 31.2 Å². The number of carbonyl (C=O) groups excluding carboxylic acids is 5. The number of benzene rings is 3. The number of carbonyl (C=O) groups is 5. The Morgan fingerprint density at radius 2 is 1.69 bits per heavy atom. The van der Waals surface area contributed by atoms with Gasteiger partial charge in [-0.2, -0.15) is 0 Å². The molecule has 0 aliphatic carbocycles. The quantitative estimate of drug-likeness (QED) is 0.232. The fourth-order valence-electron chi connectivity index (χ4n) is 4.11. The van der Waals surface area contributed by atoms with Crippen LogP contribution in [0.5, 0.6) is 5.75 Å². The molecule has 0 spiro atoms. The number of hydrogen-bond acceptors (Lipinski definition) is 7. The van der Waals surface area contributed by atoms with Gasteiger partial charge >= 0.3 is 5.97 Å². The summed E-state index contributed by atoms with van der Waals surface area (Å²) in [5, 5.41) is 0.0901. The van der Waals surface area contributed by atoms with Gasteiger partial charge in [-0.05, 0) is 54.1 Å². The molecule has 13 heteroatoms. The first-order valence-corrected chi connectivity index (χ1v) is 13.1. The van der Waals surface area contributed by atoms with Gasteiger partial charge < -0.3 is 14.4 Å². The topological polar surface area (TPSA) is 134 Å². The van der Waals surface area contributed by atoms with Crippen molar-refractivity contribution in [3.63, 3.8) is 0 Å². The van der Waals surface area contributed by atoms with Crippen LogP contribution in [0.2, 0.25) is 5.02 Å². The van der Waals surface area contributed by atoms with E-state index in [1.807, 2.05) is 0 Å². The Morgan fingerprint density at radius 1 is 0.952 bits per heavy atom. The Bertz CT molecular complexity index is 1520. The summed E-state index contributed by atoms with van der Waals surface area (Å²) in [4.78, 5) is 65.1. The molecule has 0 unspecified atom stereocenters. The SMILES string of the molecule is CC(=O)OCCOc1ccc(C(=O)N2CC(=O)N(CC(=O)NNC(=O)c3ccc(F)cc3)Cc3ccccc32)c(Cl)c1. The number of halogens is 2. The average molecular weight is 597 g/mol. The van der Waals surface area contributed by atoms with E-state index >= 15 is 0 Å². The number of rotatable bonds is 8. The van der Waals surface area contributed by atoms with Crippen LogP contribution in [0.3, 0.4) is 0 Å². The Balaban J connectivity index is 1.43. The van der Waals surface area contributed by atoms with Gasteiger partial charge in [0.25, 0.3) is 17.7 Å². The molecule has 0 radical (unpaired) electrons. The number of ether oxygens (including phenoxy) is 2. The molecule has 4 amide bonds.